The number of aromatic nitrogens is 2. The molecule has 96 valence electrons. The Morgan fingerprint density at radius 2 is 2.00 bits per heavy atom. The fourth-order valence-electron chi connectivity index (χ4n) is 2.47. The number of hydrogen-bond donors (Lipinski definition) is 1. The normalized spacial score (nSPS) is 11.2. The lowest BCUT2D eigenvalue weighted by Gasteiger charge is -2.04. The average Bonchev–Trinajstić information content (AvgIpc) is 2.98. The first-order valence-electron chi connectivity index (χ1n) is 6.26. The number of H-pyrrole nitrogens is 1. The highest BCUT2D eigenvalue weighted by Crippen LogP contribution is 2.29. The van der Waals surface area contributed by atoms with Gasteiger partial charge in [0, 0.05) is 34.2 Å². The van der Waals surface area contributed by atoms with Crippen molar-refractivity contribution in [2.45, 2.75) is 0 Å². The summed E-state index contributed by atoms with van der Waals surface area (Å²) in [5, 5.41) is 4.04. The molecule has 20 heavy (non-hydrogen) atoms. The Kier molecular flexibility index (Phi) is 2.44. The minimum atomic E-state index is -0.0170. The maximum absolute atomic E-state index is 12.0. The van der Waals surface area contributed by atoms with Crippen molar-refractivity contribution in [1.29, 1.82) is 0 Å². The van der Waals surface area contributed by atoms with Crippen molar-refractivity contribution in [2.75, 3.05) is 0 Å². The van der Waals surface area contributed by atoms with Crippen molar-refractivity contribution in [3.05, 3.63) is 64.5 Å². The van der Waals surface area contributed by atoms with Crippen molar-refractivity contribution >= 4 is 32.3 Å². The first-order valence-corrected chi connectivity index (χ1v) is 7.14. The minimum absolute atomic E-state index is 0.0170. The van der Waals surface area contributed by atoms with Gasteiger partial charge in [0.15, 0.2) is 0 Å². The average molecular weight is 278 g/mol. The Balaban J connectivity index is 2.08. The molecule has 0 spiro atoms. The molecule has 0 aliphatic rings. The molecule has 0 unspecified atom stereocenters. The molecule has 0 atom stereocenters. The lowest BCUT2D eigenvalue weighted by atomic mass is 10.0. The van der Waals surface area contributed by atoms with E-state index in [0.717, 1.165) is 32.1 Å². The van der Waals surface area contributed by atoms with Gasteiger partial charge in [-0.15, -0.1) is 11.3 Å². The van der Waals surface area contributed by atoms with Crippen molar-refractivity contribution < 1.29 is 0 Å². The molecule has 3 aromatic heterocycles. The SMILES string of the molecule is O=c1[nH]c2ccc(-c3cccnc3)cc2c2ccsc12. The van der Waals surface area contributed by atoms with Gasteiger partial charge in [-0.3, -0.25) is 9.78 Å². The van der Waals surface area contributed by atoms with Crippen LogP contribution in [0.3, 0.4) is 0 Å². The van der Waals surface area contributed by atoms with Gasteiger partial charge < -0.3 is 4.98 Å². The first kappa shape index (κ1) is 11.4. The van der Waals surface area contributed by atoms with Crippen LogP contribution in [0.2, 0.25) is 0 Å². The molecule has 0 amide bonds. The summed E-state index contributed by atoms with van der Waals surface area (Å²) in [6, 6.07) is 12.0. The monoisotopic (exact) mass is 278 g/mol. The Labute approximate surface area is 118 Å². The van der Waals surface area contributed by atoms with E-state index < -0.39 is 0 Å². The molecule has 0 saturated carbocycles. The van der Waals surface area contributed by atoms with Crippen LogP contribution in [0.1, 0.15) is 0 Å². The number of benzene rings is 1. The predicted octanol–water partition coefficient (Wildman–Crippen LogP) is 3.80. The predicted molar refractivity (Wildman–Crippen MR) is 83.2 cm³/mol. The zero-order chi connectivity index (χ0) is 13.5. The number of aromatic amines is 1. The summed E-state index contributed by atoms with van der Waals surface area (Å²) in [5.74, 6) is 0. The maximum Gasteiger partial charge on any atom is 0.266 e. The number of rotatable bonds is 1. The summed E-state index contributed by atoms with van der Waals surface area (Å²) in [6.45, 7) is 0. The van der Waals surface area contributed by atoms with E-state index >= 15 is 0 Å². The second-order valence-corrected chi connectivity index (χ2v) is 5.54. The van der Waals surface area contributed by atoms with Crippen LogP contribution in [-0.4, -0.2) is 9.97 Å². The van der Waals surface area contributed by atoms with Gasteiger partial charge in [-0.05, 0) is 35.2 Å². The number of thiophene rings is 1. The molecule has 0 aliphatic heterocycles. The highest BCUT2D eigenvalue weighted by atomic mass is 32.1. The first-order chi connectivity index (χ1) is 9.83. The third kappa shape index (κ3) is 1.66. The van der Waals surface area contributed by atoms with Gasteiger partial charge in [0.1, 0.15) is 4.70 Å². The van der Waals surface area contributed by atoms with Crippen molar-refractivity contribution in [3.63, 3.8) is 0 Å². The molecule has 1 N–H and O–H groups in total. The third-order valence-corrected chi connectivity index (χ3v) is 4.34. The van der Waals surface area contributed by atoms with Crippen LogP contribution in [0.5, 0.6) is 0 Å². The van der Waals surface area contributed by atoms with Crippen LogP contribution >= 0.6 is 11.3 Å². The van der Waals surface area contributed by atoms with E-state index in [2.05, 4.69) is 16.0 Å². The van der Waals surface area contributed by atoms with E-state index in [1.54, 1.807) is 6.20 Å². The standard InChI is InChI=1S/C16H10N2OS/c19-16-15-12(5-7-20-15)13-8-10(3-4-14(13)18-16)11-2-1-6-17-9-11/h1-9H,(H,18,19). The van der Waals surface area contributed by atoms with Gasteiger partial charge in [-0.1, -0.05) is 12.1 Å². The van der Waals surface area contributed by atoms with E-state index in [9.17, 15) is 4.79 Å². The van der Waals surface area contributed by atoms with Crippen molar-refractivity contribution in [2.24, 2.45) is 0 Å². The number of fused-ring (bicyclic) bond motifs is 3. The summed E-state index contributed by atoms with van der Waals surface area (Å²) < 4.78 is 0.779. The number of hydrogen-bond acceptors (Lipinski definition) is 3. The van der Waals surface area contributed by atoms with Gasteiger partial charge in [-0.2, -0.15) is 0 Å². The fourth-order valence-corrected chi connectivity index (χ4v) is 3.27. The molecular formula is C16H10N2OS. The second kappa shape index (κ2) is 4.28. The summed E-state index contributed by atoms with van der Waals surface area (Å²) in [4.78, 5) is 19.0. The van der Waals surface area contributed by atoms with E-state index in [1.807, 2.05) is 41.9 Å². The summed E-state index contributed by atoms with van der Waals surface area (Å²) in [7, 11) is 0. The molecule has 4 aromatic rings. The van der Waals surface area contributed by atoms with Crippen LogP contribution in [0.4, 0.5) is 0 Å². The van der Waals surface area contributed by atoms with Gasteiger partial charge in [0.05, 0.1) is 0 Å². The van der Waals surface area contributed by atoms with E-state index in [0.29, 0.717) is 0 Å². The van der Waals surface area contributed by atoms with Crippen molar-refractivity contribution in [1.82, 2.24) is 9.97 Å². The van der Waals surface area contributed by atoms with Crippen LogP contribution in [-0.2, 0) is 0 Å². The summed E-state index contributed by atoms with van der Waals surface area (Å²) in [6.07, 6.45) is 3.61. The molecule has 0 radical (unpaired) electrons. The Bertz CT molecular complexity index is 970. The van der Waals surface area contributed by atoms with Crippen molar-refractivity contribution in [3.8, 4) is 11.1 Å². The fraction of sp³-hybridized carbons (Fsp3) is 0. The lowest BCUT2D eigenvalue weighted by Crippen LogP contribution is -2.03. The topological polar surface area (TPSA) is 45.8 Å². The van der Waals surface area contributed by atoms with Crippen LogP contribution in [0.25, 0.3) is 32.1 Å². The van der Waals surface area contributed by atoms with Gasteiger partial charge in [0.2, 0.25) is 0 Å². The molecule has 0 aliphatic carbocycles. The quantitative estimate of drug-likeness (QED) is 0.575. The molecule has 3 nitrogen and oxygen atoms in total. The minimum Gasteiger partial charge on any atom is -0.321 e. The van der Waals surface area contributed by atoms with E-state index in [-0.39, 0.29) is 5.56 Å². The maximum atomic E-state index is 12.0. The Hall–Kier alpha value is -2.46. The third-order valence-electron chi connectivity index (χ3n) is 3.42. The number of nitrogens with one attached hydrogen (secondary N) is 1. The van der Waals surface area contributed by atoms with Gasteiger partial charge in [0.25, 0.3) is 5.56 Å². The highest BCUT2D eigenvalue weighted by molar-refractivity contribution is 7.17. The summed E-state index contributed by atoms with van der Waals surface area (Å²) >= 11 is 1.47. The van der Waals surface area contributed by atoms with Gasteiger partial charge >= 0.3 is 0 Å². The zero-order valence-electron chi connectivity index (χ0n) is 10.5. The molecule has 3 heterocycles. The smallest absolute Gasteiger partial charge is 0.266 e. The molecule has 0 bridgehead atoms. The Morgan fingerprint density at radius 3 is 2.85 bits per heavy atom. The van der Waals surface area contributed by atoms with Crippen LogP contribution < -0.4 is 5.56 Å². The summed E-state index contributed by atoms with van der Waals surface area (Å²) in [5.41, 5.74) is 3.03. The van der Waals surface area contributed by atoms with Gasteiger partial charge in [-0.25, -0.2) is 0 Å². The molecule has 4 heteroatoms. The zero-order valence-corrected chi connectivity index (χ0v) is 11.3. The number of pyridine rings is 2. The van der Waals surface area contributed by atoms with E-state index in [1.165, 1.54) is 11.3 Å². The molecule has 1 aromatic carbocycles. The molecule has 4 rings (SSSR count). The highest BCUT2D eigenvalue weighted by Gasteiger charge is 2.07. The molecular weight excluding hydrogens is 268 g/mol. The molecule has 0 fully saturated rings. The number of nitrogens with zero attached hydrogens (tertiary/aromatic N) is 1. The van der Waals surface area contributed by atoms with Crippen LogP contribution in [0.15, 0.2) is 59.0 Å². The van der Waals surface area contributed by atoms with E-state index in [4.69, 9.17) is 0 Å². The largest absolute Gasteiger partial charge is 0.321 e. The molecule has 0 saturated heterocycles. The second-order valence-electron chi connectivity index (χ2n) is 4.62. The Morgan fingerprint density at radius 1 is 1.05 bits per heavy atom. The lowest BCUT2D eigenvalue weighted by molar-refractivity contribution is 1.33. The van der Waals surface area contributed by atoms with Crippen LogP contribution in [0, 0.1) is 0 Å².